The molecule has 1 aliphatic rings. The first-order valence-corrected chi connectivity index (χ1v) is 11.5. The number of benzene rings is 2. The maximum absolute atomic E-state index is 12.6. The zero-order valence-electron chi connectivity index (χ0n) is 18.0. The van der Waals surface area contributed by atoms with E-state index in [1.807, 2.05) is 24.3 Å². The maximum atomic E-state index is 12.6. The second kappa shape index (κ2) is 9.92. The van der Waals surface area contributed by atoms with E-state index in [1.165, 1.54) is 49.6 Å². The van der Waals surface area contributed by atoms with Crippen molar-refractivity contribution in [2.24, 2.45) is 5.92 Å². The zero-order valence-corrected chi connectivity index (χ0v) is 18.0. The van der Waals surface area contributed by atoms with Crippen LogP contribution in [-0.2, 0) is 17.8 Å². The summed E-state index contributed by atoms with van der Waals surface area (Å²) in [5.41, 5.74) is 3.38. The van der Waals surface area contributed by atoms with Crippen molar-refractivity contribution in [2.45, 2.75) is 70.9 Å². The predicted octanol–water partition coefficient (Wildman–Crippen LogP) is 5.82. The van der Waals surface area contributed by atoms with Crippen LogP contribution in [0.4, 0.5) is 0 Å². The molecule has 4 nitrogen and oxygen atoms in total. The smallest absolute Gasteiger partial charge is 0.220 e. The van der Waals surface area contributed by atoms with Crippen LogP contribution in [0.5, 0.6) is 0 Å². The molecule has 0 aliphatic heterocycles. The number of nitrogens with one attached hydrogen (secondary N) is 1. The highest BCUT2D eigenvalue weighted by molar-refractivity contribution is 5.78. The third-order valence-electron chi connectivity index (χ3n) is 6.42. The standard InChI is InChI=1S/C26H33N3O/c1-20(27-25(30)17-16-21-10-4-2-5-11-21)26-28-23-14-8-9-15-24(23)29(26)19-18-22-12-6-3-7-13-22/h2,4-5,8-11,14-15,20,22H,3,6-7,12-13,16-19H2,1H3,(H,27,30). The Labute approximate surface area is 179 Å². The van der Waals surface area contributed by atoms with Crippen molar-refractivity contribution in [3.8, 4) is 0 Å². The van der Waals surface area contributed by atoms with Gasteiger partial charge in [-0.25, -0.2) is 4.98 Å². The Morgan fingerprint density at radius 3 is 2.60 bits per heavy atom. The van der Waals surface area contributed by atoms with Crippen LogP contribution in [0.25, 0.3) is 11.0 Å². The number of rotatable bonds is 8. The highest BCUT2D eigenvalue weighted by Gasteiger charge is 2.20. The van der Waals surface area contributed by atoms with Crippen molar-refractivity contribution in [1.29, 1.82) is 0 Å². The number of nitrogens with zero attached hydrogens (tertiary/aromatic N) is 2. The van der Waals surface area contributed by atoms with Crippen molar-refractivity contribution in [2.75, 3.05) is 0 Å². The molecule has 1 N–H and O–H groups in total. The lowest BCUT2D eigenvalue weighted by Gasteiger charge is -2.23. The molecule has 3 aromatic rings. The molecule has 158 valence electrons. The summed E-state index contributed by atoms with van der Waals surface area (Å²) in [6.07, 6.45) is 9.30. The molecule has 2 aromatic carbocycles. The van der Waals surface area contributed by atoms with Crippen molar-refractivity contribution >= 4 is 16.9 Å². The van der Waals surface area contributed by atoms with Crippen LogP contribution in [0, 0.1) is 5.92 Å². The Hall–Kier alpha value is -2.62. The van der Waals surface area contributed by atoms with Gasteiger partial charge in [0, 0.05) is 13.0 Å². The van der Waals surface area contributed by atoms with E-state index >= 15 is 0 Å². The number of hydrogen-bond donors (Lipinski definition) is 1. The SMILES string of the molecule is CC(NC(=O)CCc1ccccc1)c1nc2ccccc2n1CCC1CCCCC1. The molecule has 1 fully saturated rings. The molecule has 1 unspecified atom stereocenters. The summed E-state index contributed by atoms with van der Waals surface area (Å²) in [6.45, 7) is 3.03. The van der Waals surface area contributed by atoms with Gasteiger partial charge in [-0.05, 0) is 43.4 Å². The van der Waals surface area contributed by atoms with Crippen LogP contribution >= 0.6 is 0 Å². The average Bonchev–Trinajstić information content (AvgIpc) is 3.16. The number of hydrogen-bond acceptors (Lipinski definition) is 2. The fourth-order valence-electron chi connectivity index (χ4n) is 4.73. The molecule has 1 saturated carbocycles. The van der Waals surface area contributed by atoms with Crippen molar-refractivity contribution in [3.63, 3.8) is 0 Å². The van der Waals surface area contributed by atoms with E-state index in [1.54, 1.807) is 0 Å². The van der Waals surface area contributed by atoms with Crippen LogP contribution in [0.3, 0.4) is 0 Å². The molecule has 0 bridgehead atoms. The van der Waals surface area contributed by atoms with Gasteiger partial charge in [0.1, 0.15) is 5.82 Å². The van der Waals surface area contributed by atoms with Crippen LogP contribution in [0.1, 0.15) is 69.3 Å². The third-order valence-corrected chi connectivity index (χ3v) is 6.42. The minimum absolute atomic E-state index is 0.0808. The summed E-state index contributed by atoms with van der Waals surface area (Å²) in [7, 11) is 0. The number of para-hydroxylation sites is 2. The zero-order chi connectivity index (χ0) is 20.8. The second-order valence-corrected chi connectivity index (χ2v) is 8.68. The lowest BCUT2D eigenvalue weighted by Crippen LogP contribution is -2.29. The van der Waals surface area contributed by atoms with E-state index in [9.17, 15) is 4.79 Å². The average molecular weight is 404 g/mol. The van der Waals surface area contributed by atoms with Crippen LogP contribution < -0.4 is 5.32 Å². The molecule has 0 spiro atoms. The highest BCUT2D eigenvalue weighted by Crippen LogP contribution is 2.28. The summed E-state index contributed by atoms with van der Waals surface area (Å²) in [6, 6.07) is 18.4. The summed E-state index contributed by atoms with van der Waals surface area (Å²) < 4.78 is 2.34. The maximum Gasteiger partial charge on any atom is 0.220 e. The summed E-state index contributed by atoms with van der Waals surface area (Å²) >= 11 is 0. The topological polar surface area (TPSA) is 46.9 Å². The normalized spacial score (nSPS) is 15.9. The van der Waals surface area contributed by atoms with Crippen molar-refractivity contribution in [1.82, 2.24) is 14.9 Å². The lowest BCUT2D eigenvalue weighted by molar-refractivity contribution is -0.121. The quantitative estimate of drug-likeness (QED) is 0.515. The van der Waals surface area contributed by atoms with Gasteiger partial charge in [-0.2, -0.15) is 0 Å². The van der Waals surface area contributed by atoms with Gasteiger partial charge in [-0.3, -0.25) is 4.79 Å². The molecule has 1 amide bonds. The van der Waals surface area contributed by atoms with E-state index < -0.39 is 0 Å². The van der Waals surface area contributed by atoms with Gasteiger partial charge in [0.15, 0.2) is 0 Å². The van der Waals surface area contributed by atoms with Crippen molar-refractivity contribution < 1.29 is 4.79 Å². The summed E-state index contributed by atoms with van der Waals surface area (Å²) in [5, 5.41) is 3.18. The highest BCUT2D eigenvalue weighted by atomic mass is 16.1. The van der Waals surface area contributed by atoms with E-state index in [4.69, 9.17) is 4.98 Å². The van der Waals surface area contributed by atoms with Gasteiger partial charge in [-0.15, -0.1) is 0 Å². The Kier molecular flexibility index (Phi) is 6.83. The molecule has 4 rings (SSSR count). The van der Waals surface area contributed by atoms with E-state index in [0.29, 0.717) is 6.42 Å². The predicted molar refractivity (Wildman–Crippen MR) is 122 cm³/mol. The number of amides is 1. The summed E-state index contributed by atoms with van der Waals surface area (Å²) in [5.74, 6) is 1.88. The Morgan fingerprint density at radius 1 is 1.07 bits per heavy atom. The van der Waals surface area contributed by atoms with Crippen LogP contribution in [0.15, 0.2) is 54.6 Å². The molecule has 0 radical (unpaired) electrons. The van der Waals surface area contributed by atoms with Crippen LogP contribution in [0.2, 0.25) is 0 Å². The minimum Gasteiger partial charge on any atom is -0.346 e. The van der Waals surface area contributed by atoms with Crippen molar-refractivity contribution in [3.05, 3.63) is 66.0 Å². The molecule has 1 heterocycles. The Bertz CT molecular complexity index is 957. The number of carbonyl (C=O) groups is 1. The molecule has 1 atom stereocenters. The van der Waals surface area contributed by atoms with E-state index in [0.717, 1.165) is 30.2 Å². The molecule has 0 saturated heterocycles. The third kappa shape index (κ3) is 5.10. The van der Waals surface area contributed by atoms with Gasteiger partial charge < -0.3 is 9.88 Å². The lowest BCUT2D eigenvalue weighted by atomic mass is 9.87. The fraction of sp³-hybridized carbons (Fsp3) is 0.462. The number of aromatic nitrogens is 2. The first-order chi connectivity index (χ1) is 14.7. The van der Waals surface area contributed by atoms with Gasteiger partial charge in [0.25, 0.3) is 0 Å². The van der Waals surface area contributed by atoms with E-state index in [-0.39, 0.29) is 11.9 Å². The largest absolute Gasteiger partial charge is 0.346 e. The fourth-order valence-corrected chi connectivity index (χ4v) is 4.73. The first kappa shape index (κ1) is 20.6. The molecule has 1 aliphatic carbocycles. The number of aryl methyl sites for hydroxylation is 2. The van der Waals surface area contributed by atoms with Gasteiger partial charge in [0.2, 0.25) is 5.91 Å². The molecule has 30 heavy (non-hydrogen) atoms. The molecular weight excluding hydrogens is 370 g/mol. The Morgan fingerprint density at radius 2 is 1.80 bits per heavy atom. The molecule has 4 heteroatoms. The van der Waals surface area contributed by atoms with Crippen LogP contribution in [-0.4, -0.2) is 15.5 Å². The van der Waals surface area contributed by atoms with Gasteiger partial charge >= 0.3 is 0 Å². The summed E-state index contributed by atoms with van der Waals surface area (Å²) in [4.78, 5) is 17.5. The second-order valence-electron chi connectivity index (χ2n) is 8.68. The molecular formula is C26H33N3O. The first-order valence-electron chi connectivity index (χ1n) is 11.5. The van der Waals surface area contributed by atoms with E-state index in [2.05, 4.69) is 47.1 Å². The minimum atomic E-state index is -0.105. The van der Waals surface area contributed by atoms with Gasteiger partial charge in [0.05, 0.1) is 17.1 Å². The number of imidazole rings is 1. The Balaban J connectivity index is 1.44. The van der Waals surface area contributed by atoms with Gasteiger partial charge in [-0.1, -0.05) is 74.6 Å². The molecule has 1 aromatic heterocycles. The number of fused-ring (bicyclic) bond motifs is 1. The monoisotopic (exact) mass is 403 g/mol. The number of carbonyl (C=O) groups excluding carboxylic acids is 1.